The van der Waals surface area contributed by atoms with E-state index >= 15 is 0 Å². The van der Waals surface area contributed by atoms with Crippen LogP contribution in [0.1, 0.15) is 28.9 Å². The topological polar surface area (TPSA) is 47.8 Å². The Morgan fingerprint density at radius 1 is 1.37 bits per heavy atom. The lowest BCUT2D eigenvalue weighted by molar-refractivity contribution is 0.101. The van der Waals surface area contributed by atoms with Gasteiger partial charge in [0.25, 0.3) is 0 Å². The molecule has 0 bridgehead atoms. The van der Waals surface area contributed by atoms with Crippen LogP contribution in [0.25, 0.3) is 11.3 Å². The monoisotopic (exact) mass is 281 g/mol. The summed E-state index contributed by atoms with van der Waals surface area (Å²) < 4.78 is 15.7. The summed E-state index contributed by atoms with van der Waals surface area (Å²) in [7, 11) is 1.72. The van der Waals surface area contributed by atoms with E-state index in [0.29, 0.717) is 22.9 Å². The lowest BCUT2D eigenvalue weighted by Crippen LogP contribution is -2.05. The molecule has 0 aromatic carbocycles. The molecule has 2 aromatic rings. The molecule has 0 N–H and O–H groups in total. The lowest BCUT2D eigenvalue weighted by atomic mass is 10.1. The Balaban J connectivity index is 2.80. The Bertz CT molecular complexity index is 679. The van der Waals surface area contributed by atoms with Gasteiger partial charge in [0.15, 0.2) is 16.8 Å². The highest BCUT2D eigenvalue weighted by Gasteiger charge is 2.22. The van der Waals surface area contributed by atoms with Crippen LogP contribution in [0, 0.1) is 19.7 Å². The zero-order chi connectivity index (χ0) is 14.3. The molecule has 2 rings (SSSR count). The summed E-state index contributed by atoms with van der Waals surface area (Å²) in [5, 5.41) is -0.215. The number of hydrogen-bond donors (Lipinski definition) is 0. The summed E-state index contributed by atoms with van der Waals surface area (Å²) in [6.45, 7) is 4.88. The van der Waals surface area contributed by atoms with Crippen molar-refractivity contribution in [2.24, 2.45) is 7.05 Å². The molecule has 4 nitrogen and oxygen atoms in total. The van der Waals surface area contributed by atoms with E-state index in [1.807, 2.05) is 0 Å². The van der Waals surface area contributed by atoms with Gasteiger partial charge in [-0.1, -0.05) is 11.6 Å². The van der Waals surface area contributed by atoms with Crippen molar-refractivity contribution in [2.75, 3.05) is 0 Å². The van der Waals surface area contributed by atoms with Crippen molar-refractivity contribution in [3.05, 3.63) is 34.2 Å². The molecule has 0 atom stereocenters. The Morgan fingerprint density at radius 2 is 2.00 bits per heavy atom. The number of imidazole rings is 1. The maximum absolute atomic E-state index is 14.1. The van der Waals surface area contributed by atoms with Crippen LogP contribution in [-0.4, -0.2) is 20.3 Å². The number of carbonyl (C=O) groups excluding carboxylic acids is 1. The zero-order valence-corrected chi connectivity index (χ0v) is 11.8. The van der Waals surface area contributed by atoms with E-state index in [1.54, 1.807) is 25.5 Å². The first-order valence-corrected chi connectivity index (χ1v) is 6.08. The molecule has 0 radical (unpaired) electrons. The van der Waals surface area contributed by atoms with Gasteiger partial charge in [0, 0.05) is 25.2 Å². The van der Waals surface area contributed by atoms with Gasteiger partial charge in [-0.25, -0.2) is 14.4 Å². The molecule has 0 aliphatic heterocycles. The maximum atomic E-state index is 14.1. The molecule has 0 saturated carbocycles. The van der Waals surface area contributed by atoms with Gasteiger partial charge in [-0.05, 0) is 19.9 Å². The standard InChI is InChI=1S/C13H13ClFN3O/c1-6-5-9(10(15)13(14)16-6)11-12(7(2)19)18(4)8(3)17-11/h5H,1-4H3. The first-order chi connectivity index (χ1) is 8.82. The summed E-state index contributed by atoms with van der Waals surface area (Å²) >= 11 is 5.74. The van der Waals surface area contributed by atoms with Crippen molar-refractivity contribution in [1.29, 1.82) is 0 Å². The number of carbonyl (C=O) groups is 1. The molecule has 19 heavy (non-hydrogen) atoms. The summed E-state index contributed by atoms with van der Waals surface area (Å²) in [6.07, 6.45) is 0. The minimum absolute atomic E-state index is 0.178. The Labute approximate surface area is 115 Å². The molecule has 100 valence electrons. The largest absolute Gasteiger partial charge is 0.328 e. The van der Waals surface area contributed by atoms with Crippen LogP contribution >= 0.6 is 11.6 Å². The number of hydrogen-bond acceptors (Lipinski definition) is 3. The van der Waals surface area contributed by atoms with Gasteiger partial charge < -0.3 is 4.57 Å². The molecule has 0 fully saturated rings. The number of nitrogens with zero attached hydrogens (tertiary/aromatic N) is 3. The van der Waals surface area contributed by atoms with E-state index in [4.69, 9.17) is 11.6 Å². The van der Waals surface area contributed by atoms with E-state index < -0.39 is 5.82 Å². The van der Waals surface area contributed by atoms with Gasteiger partial charge >= 0.3 is 0 Å². The van der Waals surface area contributed by atoms with E-state index in [2.05, 4.69) is 9.97 Å². The predicted molar refractivity (Wildman–Crippen MR) is 70.9 cm³/mol. The first-order valence-electron chi connectivity index (χ1n) is 5.70. The van der Waals surface area contributed by atoms with Crippen molar-refractivity contribution in [3.63, 3.8) is 0 Å². The van der Waals surface area contributed by atoms with E-state index in [-0.39, 0.29) is 16.5 Å². The number of Topliss-reactive ketones (excluding diaryl/α,β-unsaturated/α-hetero) is 1. The molecule has 0 aliphatic carbocycles. The fraction of sp³-hybridized carbons (Fsp3) is 0.308. The highest BCUT2D eigenvalue weighted by Crippen LogP contribution is 2.29. The Morgan fingerprint density at radius 3 is 2.58 bits per heavy atom. The number of rotatable bonds is 2. The van der Waals surface area contributed by atoms with Crippen LogP contribution in [0.5, 0.6) is 0 Å². The second-order valence-electron chi connectivity index (χ2n) is 4.39. The van der Waals surface area contributed by atoms with E-state index in [0.717, 1.165) is 0 Å². The van der Waals surface area contributed by atoms with Gasteiger partial charge in [-0.15, -0.1) is 0 Å². The number of aryl methyl sites for hydroxylation is 2. The highest BCUT2D eigenvalue weighted by molar-refractivity contribution is 6.29. The van der Waals surface area contributed by atoms with Gasteiger partial charge in [0.1, 0.15) is 17.2 Å². The third-order valence-corrected chi connectivity index (χ3v) is 3.20. The van der Waals surface area contributed by atoms with Crippen LogP contribution in [0.15, 0.2) is 6.07 Å². The van der Waals surface area contributed by atoms with Crippen LogP contribution in [0.2, 0.25) is 5.15 Å². The molecule has 6 heteroatoms. The summed E-state index contributed by atoms with van der Waals surface area (Å²) in [5.41, 5.74) is 1.43. The van der Waals surface area contributed by atoms with E-state index in [9.17, 15) is 9.18 Å². The van der Waals surface area contributed by atoms with Crippen molar-refractivity contribution < 1.29 is 9.18 Å². The fourth-order valence-corrected chi connectivity index (χ4v) is 2.23. The van der Waals surface area contributed by atoms with Gasteiger partial charge in [0.2, 0.25) is 0 Å². The summed E-state index contributed by atoms with van der Waals surface area (Å²) in [5.74, 6) is -0.207. The molecular formula is C13H13ClFN3O. The Kier molecular flexibility index (Phi) is 3.41. The number of pyridine rings is 1. The SMILES string of the molecule is CC(=O)c1c(-c2cc(C)nc(Cl)c2F)nc(C)n1C. The van der Waals surface area contributed by atoms with Crippen LogP contribution < -0.4 is 0 Å². The minimum atomic E-state index is -0.659. The second-order valence-corrected chi connectivity index (χ2v) is 4.75. The van der Waals surface area contributed by atoms with Gasteiger partial charge in [0.05, 0.1) is 0 Å². The molecule has 2 aromatic heterocycles. The molecular weight excluding hydrogens is 269 g/mol. The lowest BCUT2D eigenvalue weighted by Gasteiger charge is -2.06. The normalized spacial score (nSPS) is 10.8. The number of ketones is 1. The molecule has 0 saturated heterocycles. The van der Waals surface area contributed by atoms with E-state index in [1.165, 1.54) is 13.0 Å². The third kappa shape index (κ3) is 2.26. The smallest absolute Gasteiger partial charge is 0.178 e. The molecule has 0 aliphatic rings. The van der Waals surface area contributed by atoms with Gasteiger partial charge in [-0.2, -0.15) is 0 Å². The zero-order valence-electron chi connectivity index (χ0n) is 11.1. The summed E-state index contributed by atoms with van der Waals surface area (Å²) in [6, 6.07) is 1.54. The average molecular weight is 282 g/mol. The average Bonchev–Trinajstić information content (AvgIpc) is 2.60. The van der Waals surface area contributed by atoms with Crippen LogP contribution in [0.3, 0.4) is 0 Å². The van der Waals surface area contributed by atoms with Gasteiger partial charge in [-0.3, -0.25) is 4.79 Å². The predicted octanol–water partition coefficient (Wildman–Crippen LogP) is 3.09. The summed E-state index contributed by atoms with van der Waals surface area (Å²) in [4.78, 5) is 19.8. The second kappa shape index (κ2) is 4.74. The van der Waals surface area contributed by atoms with Crippen molar-refractivity contribution in [3.8, 4) is 11.3 Å². The van der Waals surface area contributed by atoms with Crippen molar-refractivity contribution in [2.45, 2.75) is 20.8 Å². The Hall–Kier alpha value is -1.75. The molecule has 0 unspecified atom stereocenters. The van der Waals surface area contributed by atoms with Crippen LogP contribution in [-0.2, 0) is 7.05 Å². The molecule has 0 amide bonds. The quantitative estimate of drug-likeness (QED) is 0.628. The minimum Gasteiger partial charge on any atom is -0.328 e. The third-order valence-electron chi connectivity index (χ3n) is 2.95. The highest BCUT2D eigenvalue weighted by atomic mass is 35.5. The first kappa shape index (κ1) is 13.7. The fourth-order valence-electron chi connectivity index (χ4n) is 1.99. The van der Waals surface area contributed by atoms with Crippen molar-refractivity contribution >= 4 is 17.4 Å². The number of halogens is 2. The maximum Gasteiger partial charge on any atom is 0.178 e. The van der Waals surface area contributed by atoms with Crippen LogP contribution in [0.4, 0.5) is 4.39 Å². The molecule has 2 heterocycles. The van der Waals surface area contributed by atoms with Crippen molar-refractivity contribution in [1.82, 2.24) is 14.5 Å². The number of aromatic nitrogens is 3. The molecule has 0 spiro atoms.